The van der Waals surface area contributed by atoms with Crippen molar-refractivity contribution in [1.82, 2.24) is 5.32 Å². The molecule has 1 aromatic rings. The van der Waals surface area contributed by atoms with E-state index < -0.39 is 0 Å². The fraction of sp³-hybridized carbons (Fsp3) is 0.600. The van der Waals surface area contributed by atoms with Gasteiger partial charge in [0.15, 0.2) is 11.5 Å². The normalized spacial score (nSPS) is 22.7. The van der Waals surface area contributed by atoms with Crippen LogP contribution in [0, 0.1) is 23.2 Å². The molecule has 1 amide bonds. The van der Waals surface area contributed by atoms with Crippen LogP contribution in [0.2, 0.25) is 0 Å². The molecule has 2 rings (SSSR count). The summed E-state index contributed by atoms with van der Waals surface area (Å²) >= 11 is 0. The minimum absolute atomic E-state index is 0.0985. The molecule has 0 unspecified atom stereocenters. The molecule has 5 heteroatoms. The Balaban J connectivity index is 1.74. The van der Waals surface area contributed by atoms with E-state index in [-0.39, 0.29) is 5.91 Å². The van der Waals surface area contributed by atoms with Crippen molar-refractivity contribution in [3.05, 3.63) is 23.8 Å². The molecule has 0 spiro atoms. The number of nitrogens with one attached hydrogen (secondary N) is 1. The van der Waals surface area contributed by atoms with Crippen LogP contribution in [0.15, 0.2) is 18.2 Å². The maximum atomic E-state index is 12.2. The minimum atomic E-state index is 0.0985. The van der Waals surface area contributed by atoms with Gasteiger partial charge in [0, 0.05) is 18.5 Å². The summed E-state index contributed by atoms with van der Waals surface area (Å²) in [7, 11) is 1.54. The number of nitriles is 1. The third kappa shape index (κ3) is 5.38. The average Bonchev–Trinajstić information content (AvgIpc) is 2.62. The summed E-state index contributed by atoms with van der Waals surface area (Å²) in [6.07, 6.45) is 4.63. The van der Waals surface area contributed by atoms with E-state index in [0.29, 0.717) is 54.4 Å². The number of carbonyl (C=O) groups excluding carboxylic acids is 1. The van der Waals surface area contributed by atoms with Crippen LogP contribution in [0.25, 0.3) is 0 Å². The van der Waals surface area contributed by atoms with Crippen LogP contribution in [0.3, 0.4) is 0 Å². The van der Waals surface area contributed by atoms with Gasteiger partial charge in [0.2, 0.25) is 5.91 Å². The van der Waals surface area contributed by atoms with E-state index in [1.165, 1.54) is 12.8 Å². The van der Waals surface area contributed by atoms with Crippen LogP contribution in [0.4, 0.5) is 0 Å². The van der Waals surface area contributed by atoms with Gasteiger partial charge in [-0.3, -0.25) is 4.79 Å². The quantitative estimate of drug-likeness (QED) is 0.766. The van der Waals surface area contributed by atoms with Crippen LogP contribution in [-0.2, 0) is 4.79 Å². The summed E-state index contributed by atoms with van der Waals surface area (Å²) in [5.74, 6) is 2.44. The van der Waals surface area contributed by atoms with Gasteiger partial charge >= 0.3 is 0 Å². The fourth-order valence-corrected chi connectivity index (χ4v) is 3.34. The lowest BCUT2D eigenvalue weighted by Crippen LogP contribution is -2.43. The lowest BCUT2D eigenvalue weighted by atomic mass is 9.78. The number of rotatable bonds is 7. The van der Waals surface area contributed by atoms with Gasteiger partial charge in [-0.15, -0.1) is 0 Å². The first-order valence-corrected chi connectivity index (χ1v) is 9.05. The number of methoxy groups -OCH3 is 1. The maximum absolute atomic E-state index is 12.2. The molecule has 1 aliphatic carbocycles. The van der Waals surface area contributed by atoms with Gasteiger partial charge in [-0.2, -0.15) is 5.26 Å². The molecule has 0 aliphatic heterocycles. The van der Waals surface area contributed by atoms with Crippen molar-refractivity contribution in [1.29, 1.82) is 5.26 Å². The van der Waals surface area contributed by atoms with E-state index in [4.69, 9.17) is 14.7 Å². The molecule has 0 saturated heterocycles. The summed E-state index contributed by atoms with van der Waals surface area (Å²) in [5, 5.41) is 12.1. The van der Waals surface area contributed by atoms with Crippen LogP contribution in [0.5, 0.6) is 11.5 Å². The number of amides is 1. The number of hydrogen-bond acceptors (Lipinski definition) is 4. The number of benzene rings is 1. The second kappa shape index (κ2) is 9.31. The third-order valence-corrected chi connectivity index (χ3v) is 5.15. The molecule has 0 bridgehead atoms. The van der Waals surface area contributed by atoms with E-state index in [9.17, 15) is 4.79 Å². The summed E-state index contributed by atoms with van der Waals surface area (Å²) in [6.45, 7) is 4.93. The number of ether oxygens (including phenoxy) is 2. The Morgan fingerprint density at radius 2 is 2.12 bits per heavy atom. The van der Waals surface area contributed by atoms with Gasteiger partial charge in [-0.1, -0.05) is 26.7 Å². The zero-order valence-corrected chi connectivity index (χ0v) is 15.4. The summed E-state index contributed by atoms with van der Waals surface area (Å²) in [5.41, 5.74) is 0.527. The van der Waals surface area contributed by atoms with E-state index in [0.717, 1.165) is 6.42 Å². The molecule has 1 N–H and O–H groups in total. The van der Waals surface area contributed by atoms with Gasteiger partial charge in [-0.25, -0.2) is 0 Å². The largest absolute Gasteiger partial charge is 0.493 e. The van der Waals surface area contributed by atoms with Crippen molar-refractivity contribution in [2.75, 3.05) is 13.7 Å². The molecular weight excluding hydrogens is 316 g/mol. The molecule has 3 atom stereocenters. The van der Waals surface area contributed by atoms with Crippen LogP contribution < -0.4 is 14.8 Å². The summed E-state index contributed by atoms with van der Waals surface area (Å²) in [6, 6.07) is 7.43. The highest BCUT2D eigenvalue weighted by atomic mass is 16.5. The van der Waals surface area contributed by atoms with Gasteiger partial charge in [0.1, 0.15) is 0 Å². The van der Waals surface area contributed by atoms with Crippen molar-refractivity contribution >= 4 is 5.91 Å². The van der Waals surface area contributed by atoms with Crippen molar-refractivity contribution < 1.29 is 14.3 Å². The average molecular weight is 344 g/mol. The molecule has 0 heterocycles. The molecule has 0 radical (unpaired) electrons. The van der Waals surface area contributed by atoms with Crippen molar-refractivity contribution in [3.8, 4) is 17.6 Å². The molecule has 1 aliphatic rings. The van der Waals surface area contributed by atoms with Crippen LogP contribution in [-0.4, -0.2) is 25.7 Å². The van der Waals surface area contributed by atoms with E-state index in [2.05, 4.69) is 25.2 Å². The Morgan fingerprint density at radius 3 is 2.84 bits per heavy atom. The predicted molar refractivity (Wildman–Crippen MR) is 96.5 cm³/mol. The van der Waals surface area contributed by atoms with Crippen molar-refractivity contribution in [2.24, 2.45) is 11.8 Å². The molecule has 1 saturated carbocycles. The second-order valence-corrected chi connectivity index (χ2v) is 6.87. The smallest absolute Gasteiger partial charge is 0.220 e. The topological polar surface area (TPSA) is 71.3 Å². The Labute approximate surface area is 150 Å². The molecule has 0 aromatic heterocycles. The third-order valence-electron chi connectivity index (χ3n) is 5.15. The Morgan fingerprint density at radius 1 is 1.32 bits per heavy atom. The standard InChI is InChI=1S/C20H28N2O3/c1-14-6-4-7-17(15(14)2)22-20(23)8-5-11-25-18-10-9-16(13-21)12-19(18)24-3/h9-10,12,14-15,17H,4-8,11H2,1-3H3,(H,22,23)/t14-,15-,17-/m0/s1. The van der Waals surface area contributed by atoms with Gasteiger partial charge in [-0.05, 0) is 36.8 Å². The van der Waals surface area contributed by atoms with Crippen molar-refractivity contribution in [3.63, 3.8) is 0 Å². The highest BCUT2D eigenvalue weighted by Gasteiger charge is 2.27. The maximum Gasteiger partial charge on any atom is 0.220 e. The van der Waals surface area contributed by atoms with Gasteiger partial charge < -0.3 is 14.8 Å². The Hall–Kier alpha value is -2.22. The lowest BCUT2D eigenvalue weighted by molar-refractivity contribution is -0.122. The van der Waals surface area contributed by atoms with Crippen LogP contribution in [0.1, 0.15) is 51.5 Å². The zero-order valence-electron chi connectivity index (χ0n) is 15.4. The summed E-state index contributed by atoms with van der Waals surface area (Å²) in [4.78, 5) is 12.2. The molecule has 1 fully saturated rings. The van der Waals surface area contributed by atoms with E-state index in [1.807, 2.05) is 0 Å². The number of hydrogen-bond donors (Lipinski definition) is 1. The monoisotopic (exact) mass is 344 g/mol. The molecule has 1 aromatic carbocycles. The Bertz CT molecular complexity index is 624. The SMILES string of the molecule is COc1cc(C#N)ccc1OCCCC(=O)N[C@H]1CCC[C@H](C)[C@@H]1C. The van der Waals surface area contributed by atoms with E-state index in [1.54, 1.807) is 25.3 Å². The fourth-order valence-electron chi connectivity index (χ4n) is 3.34. The molecular formula is C20H28N2O3. The van der Waals surface area contributed by atoms with Gasteiger partial charge in [0.05, 0.1) is 25.3 Å². The minimum Gasteiger partial charge on any atom is -0.493 e. The number of nitrogens with zero attached hydrogens (tertiary/aromatic N) is 1. The predicted octanol–water partition coefficient (Wildman–Crippen LogP) is 3.67. The first-order chi connectivity index (χ1) is 12.0. The van der Waals surface area contributed by atoms with Crippen molar-refractivity contribution in [2.45, 2.75) is 52.0 Å². The number of carbonyl (C=O) groups is 1. The first kappa shape index (κ1) is 19.1. The molecule has 136 valence electrons. The molecule has 5 nitrogen and oxygen atoms in total. The van der Waals surface area contributed by atoms with Crippen LogP contribution >= 0.6 is 0 Å². The lowest BCUT2D eigenvalue weighted by Gasteiger charge is -2.34. The molecule has 25 heavy (non-hydrogen) atoms. The first-order valence-electron chi connectivity index (χ1n) is 9.05. The van der Waals surface area contributed by atoms with E-state index >= 15 is 0 Å². The zero-order chi connectivity index (χ0) is 18.2. The summed E-state index contributed by atoms with van der Waals surface area (Å²) < 4.78 is 10.9. The Kier molecular flexibility index (Phi) is 7.12. The van der Waals surface area contributed by atoms with Gasteiger partial charge in [0.25, 0.3) is 0 Å². The highest BCUT2D eigenvalue weighted by molar-refractivity contribution is 5.76. The second-order valence-electron chi connectivity index (χ2n) is 6.87. The highest BCUT2D eigenvalue weighted by Crippen LogP contribution is 2.30.